The summed E-state index contributed by atoms with van der Waals surface area (Å²) in [4.78, 5) is 6.76. The van der Waals surface area contributed by atoms with E-state index in [1.165, 1.54) is 0 Å². The quantitative estimate of drug-likeness (QED) is 0.386. The van der Waals surface area contributed by atoms with Crippen molar-refractivity contribution in [3.8, 4) is 5.75 Å². The number of nitrogens with one attached hydrogen (secondary N) is 1. The van der Waals surface area contributed by atoms with Crippen molar-refractivity contribution in [2.45, 2.75) is 44.8 Å². The molecule has 0 bridgehead atoms. The largest absolute Gasteiger partial charge is 0.489 e. The summed E-state index contributed by atoms with van der Waals surface area (Å²) in [6, 6.07) is 9.98. The fraction of sp³-hybridized carbons (Fsp3) is 0.667. The summed E-state index contributed by atoms with van der Waals surface area (Å²) >= 11 is 0. The molecule has 1 saturated heterocycles. The van der Waals surface area contributed by atoms with Crippen LogP contribution in [0.4, 0.5) is 0 Å². The number of rotatable bonds is 10. The van der Waals surface area contributed by atoms with Gasteiger partial charge >= 0.3 is 0 Å². The van der Waals surface area contributed by atoms with Crippen molar-refractivity contribution in [3.05, 3.63) is 30.3 Å². The number of hydrogen-bond donors (Lipinski definition) is 1. The monoisotopic (exact) mass is 377 g/mol. The van der Waals surface area contributed by atoms with Gasteiger partial charge in [-0.3, -0.25) is 4.99 Å². The Balaban J connectivity index is 1.72. The van der Waals surface area contributed by atoms with Crippen molar-refractivity contribution in [1.82, 2.24) is 10.2 Å². The Morgan fingerprint density at radius 1 is 1.22 bits per heavy atom. The third-order valence-electron chi connectivity index (χ3n) is 4.79. The molecule has 2 rings (SSSR count). The van der Waals surface area contributed by atoms with Crippen molar-refractivity contribution in [2.75, 3.05) is 47.0 Å². The first kappa shape index (κ1) is 21.5. The summed E-state index contributed by atoms with van der Waals surface area (Å²) in [6.07, 6.45) is 4.43. The van der Waals surface area contributed by atoms with E-state index in [-0.39, 0.29) is 6.10 Å². The van der Waals surface area contributed by atoms with Crippen LogP contribution in [0.1, 0.15) is 32.6 Å². The molecule has 27 heavy (non-hydrogen) atoms. The lowest BCUT2D eigenvalue weighted by Gasteiger charge is -2.34. The van der Waals surface area contributed by atoms with Gasteiger partial charge in [-0.25, -0.2) is 0 Å². The van der Waals surface area contributed by atoms with Gasteiger partial charge in [0.1, 0.15) is 11.9 Å². The smallest absolute Gasteiger partial charge is 0.193 e. The normalized spacial score (nSPS) is 17.0. The highest BCUT2D eigenvalue weighted by Crippen LogP contribution is 2.15. The molecular formula is C21H35N3O3. The van der Waals surface area contributed by atoms with Gasteiger partial charge in [-0.2, -0.15) is 0 Å². The van der Waals surface area contributed by atoms with E-state index in [9.17, 15) is 0 Å². The summed E-state index contributed by atoms with van der Waals surface area (Å²) in [5.74, 6) is 1.86. The van der Waals surface area contributed by atoms with Crippen molar-refractivity contribution in [2.24, 2.45) is 4.99 Å². The van der Waals surface area contributed by atoms with E-state index in [0.717, 1.165) is 70.2 Å². The van der Waals surface area contributed by atoms with Gasteiger partial charge in [-0.05, 0) is 37.8 Å². The number of guanidine groups is 1. The van der Waals surface area contributed by atoms with Gasteiger partial charge in [-0.1, -0.05) is 25.1 Å². The lowest BCUT2D eigenvalue weighted by Crippen LogP contribution is -2.49. The van der Waals surface area contributed by atoms with Crippen LogP contribution in [-0.2, 0) is 9.47 Å². The lowest BCUT2D eigenvalue weighted by molar-refractivity contribution is 0.00983. The van der Waals surface area contributed by atoms with Crippen LogP contribution in [0.25, 0.3) is 0 Å². The Morgan fingerprint density at radius 2 is 1.96 bits per heavy atom. The maximum absolute atomic E-state index is 6.06. The Bertz CT molecular complexity index is 531. The van der Waals surface area contributed by atoms with Crippen LogP contribution in [0.3, 0.4) is 0 Å². The number of ether oxygens (including phenoxy) is 3. The van der Waals surface area contributed by atoms with Gasteiger partial charge in [0.15, 0.2) is 5.96 Å². The van der Waals surface area contributed by atoms with E-state index < -0.39 is 0 Å². The zero-order chi connectivity index (χ0) is 19.3. The zero-order valence-corrected chi connectivity index (χ0v) is 17.0. The number of piperidine rings is 1. The number of hydrogen-bond acceptors (Lipinski definition) is 4. The first-order valence-corrected chi connectivity index (χ1v) is 10.0. The molecule has 6 heteroatoms. The van der Waals surface area contributed by atoms with E-state index in [2.05, 4.69) is 22.1 Å². The first-order chi connectivity index (χ1) is 13.3. The van der Waals surface area contributed by atoms with Gasteiger partial charge < -0.3 is 24.4 Å². The molecule has 1 aromatic carbocycles. The highest BCUT2D eigenvalue weighted by molar-refractivity contribution is 5.80. The molecule has 0 radical (unpaired) electrons. The second-order valence-corrected chi connectivity index (χ2v) is 6.79. The van der Waals surface area contributed by atoms with Crippen molar-refractivity contribution < 1.29 is 14.2 Å². The van der Waals surface area contributed by atoms with Gasteiger partial charge in [0, 0.05) is 40.5 Å². The number of methoxy groups -OCH3 is 1. The van der Waals surface area contributed by atoms with Gasteiger partial charge in [0.25, 0.3) is 0 Å². The highest BCUT2D eigenvalue weighted by atomic mass is 16.5. The van der Waals surface area contributed by atoms with E-state index in [1.807, 2.05) is 37.4 Å². The maximum Gasteiger partial charge on any atom is 0.193 e. The lowest BCUT2D eigenvalue weighted by atomic mass is 10.1. The third-order valence-corrected chi connectivity index (χ3v) is 4.79. The van der Waals surface area contributed by atoms with Crippen LogP contribution >= 0.6 is 0 Å². The van der Waals surface area contributed by atoms with Crippen molar-refractivity contribution in [3.63, 3.8) is 0 Å². The van der Waals surface area contributed by atoms with Crippen LogP contribution < -0.4 is 10.1 Å². The molecule has 1 heterocycles. The van der Waals surface area contributed by atoms with Crippen LogP contribution in [0.5, 0.6) is 5.75 Å². The number of benzene rings is 1. The van der Waals surface area contributed by atoms with Crippen LogP contribution in [-0.4, -0.2) is 70.1 Å². The Kier molecular flexibility index (Phi) is 10.0. The molecule has 1 unspecified atom stereocenters. The highest BCUT2D eigenvalue weighted by Gasteiger charge is 2.22. The Morgan fingerprint density at radius 3 is 2.59 bits per heavy atom. The molecule has 0 saturated carbocycles. The molecule has 1 aliphatic rings. The summed E-state index contributed by atoms with van der Waals surface area (Å²) < 4.78 is 17.1. The second kappa shape index (κ2) is 12.6. The Hall–Kier alpha value is -1.79. The number of nitrogens with zero attached hydrogens (tertiary/aromatic N) is 2. The number of likely N-dealkylation sites (tertiary alicyclic amines) is 1. The minimum atomic E-state index is 0.116. The zero-order valence-electron chi connectivity index (χ0n) is 17.0. The molecule has 0 aliphatic carbocycles. The average molecular weight is 378 g/mol. The molecule has 152 valence electrons. The van der Waals surface area contributed by atoms with Crippen LogP contribution in [0, 0.1) is 0 Å². The second-order valence-electron chi connectivity index (χ2n) is 6.79. The van der Waals surface area contributed by atoms with E-state index >= 15 is 0 Å². The molecule has 1 atom stereocenters. The molecule has 1 aromatic rings. The molecule has 0 spiro atoms. The molecule has 0 amide bonds. The fourth-order valence-corrected chi connectivity index (χ4v) is 3.19. The molecule has 1 N–H and O–H groups in total. The molecule has 1 fully saturated rings. The molecule has 6 nitrogen and oxygen atoms in total. The van der Waals surface area contributed by atoms with Crippen molar-refractivity contribution >= 4 is 5.96 Å². The van der Waals surface area contributed by atoms with Crippen molar-refractivity contribution in [1.29, 1.82) is 0 Å². The van der Waals surface area contributed by atoms with Crippen LogP contribution in [0.2, 0.25) is 0 Å². The summed E-state index contributed by atoms with van der Waals surface area (Å²) in [6.45, 7) is 6.35. The van der Waals surface area contributed by atoms with E-state index in [1.54, 1.807) is 7.11 Å². The molecular weight excluding hydrogens is 342 g/mol. The minimum Gasteiger partial charge on any atom is -0.489 e. The van der Waals surface area contributed by atoms with Crippen LogP contribution in [0.15, 0.2) is 35.3 Å². The topological polar surface area (TPSA) is 55.3 Å². The van der Waals surface area contributed by atoms with Gasteiger partial charge in [0.2, 0.25) is 0 Å². The van der Waals surface area contributed by atoms with E-state index in [0.29, 0.717) is 6.10 Å². The summed E-state index contributed by atoms with van der Waals surface area (Å²) in [5, 5.41) is 3.48. The summed E-state index contributed by atoms with van der Waals surface area (Å²) in [5.41, 5.74) is 0. The van der Waals surface area contributed by atoms with Gasteiger partial charge in [-0.15, -0.1) is 0 Å². The average Bonchev–Trinajstić information content (AvgIpc) is 2.72. The molecule has 0 aromatic heterocycles. The standard InChI is InChI=1S/C21H35N3O3/c1-4-18(27-20-9-6-5-7-10-20)17-23-21(22-2)24-13-11-19(12-14-24)26-16-8-15-25-3/h5-7,9-10,18-19H,4,8,11-17H2,1-3H3,(H,22,23). The minimum absolute atomic E-state index is 0.116. The fourth-order valence-electron chi connectivity index (χ4n) is 3.19. The summed E-state index contributed by atoms with van der Waals surface area (Å²) in [7, 11) is 3.57. The van der Waals surface area contributed by atoms with E-state index in [4.69, 9.17) is 14.2 Å². The van der Waals surface area contributed by atoms with Gasteiger partial charge in [0.05, 0.1) is 12.6 Å². The predicted molar refractivity (Wildman–Crippen MR) is 110 cm³/mol. The SMILES string of the molecule is CCC(CNC(=NC)N1CCC(OCCCOC)CC1)Oc1ccccc1. The third kappa shape index (κ3) is 7.77. The Labute approximate surface area is 163 Å². The maximum atomic E-state index is 6.06. The number of para-hydroxylation sites is 1. The first-order valence-electron chi connectivity index (χ1n) is 10.0. The predicted octanol–water partition coefficient (Wildman–Crippen LogP) is 2.94. The molecule has 1 aliphatic heterocycles. The number of aliphatic imine (C=N–C) groups is 1.